The van der Waals surface area contributed by atoms with E-state index in [1.54, 1.807) is 0 Å². The number of benzene rings is 1. The molecule has 2 atom stereocenters. The molecule has 0 radical (unpaired) electrons. The van der Waals surface area contributed by atoms with Crippen molar-refractivity contribution >= 4 is 5.82 Å². The van der Waals surface area contributed by atoms with Gasteiger partial charge < -0.3 is 10.2 Å². The van der Waals surface area contributed by atoms with Crippen LogP contribution in [0.15, 0.2) is 55.2 Å². The molecule has 2 unspecified atom stereocenters. The highest BCUT2D eigenvalue weighted by molar-refractivity contribution is 5.77. The Labute approximate surface area is 186 Å². The Balaban J connectivity index is 1.42. The summed E-state index contributed by atoms with van der Waals surface area (Å²) in [5, 5.41) is 12.2. The molecule has 0 aliphatic carbocycles. The van der Waals surface area contributed by atoms with Gasteiger partial charge in [0.2, 0.25) is 0 Å². The lowest BCUT2D eigenvalue weighted by molar-refractivity contribution is 0.533. The smallest absolute Gasteiger partial charge is 0.161 e. The molecule has 8 heteroatoms. The Morgan fingerprint density at radius 1 is 0.844 bits per heavy atom. The first-order chi connectivity index (χ1) is 15.6. The van der Waals surface area contributed by atoms with Crippen LogP contribution >= 0.6 is 0 Å². The van der Waals surface area contributed by atoms with Crippen LogP contribution < -0.4 is 10.2 Å². The van der Waals surface area contributed by atoms with Gasteiger partial charge in [0.15, 0.2) is 5.82 Å². The Kier molecular flexibility index (Phi) is 4.53. The zero-order valence-corrected chi connectivity index (χ0v) is 18.3. The van der Waals surface area contributed by atoms with Gasteiger partial charge in [0.05, 0.1) is 12.4 Å². The van der Waals surface area contributed by atoms with Crippen LogP contribution in [0.1, 0.15) is 0 Å². The summed E-state index contributed by atoms with van der Waals surface area (Å²) in [5.41, 5.74) is 5.29. The number of anilines is 1. The van der Waals surface area contributed by atoms with E-state index in [0.29, 0.717) is 11.8 Å². The fraction of sp³-hybridized carbons (Fsp3) is 0.333. The molecule has 3 aromatic heterocycles. The topological polar surface area (TPSA) is 76.7 Å². The van der Waals surface area contributed by atoms with Gasteiger partial charge in [0, 0.05) is 81.1 Å². The largest absolute Gasteiger partial charge is 0.355 e. The second-order valence-electron chi connectivity index (χ2n) is 8.90. The van der Waals surface area contributed by atoms with Gasteiger partial charge in [-0.2, -0.15) is 10.2 Å². The lowest BCUT2D eigenvalue weighted by atomic mass is 10.0. The van der Waals surface area contributed by atoms with E-state index in [0.717, 1.165) is 65.6 Å². The van der Waals surface area contributed by atoms with Crippen molar-refractivity contribution in [2.75, 3.05) is 31.1 Å². The predicted molar refractivity (Wildman–Crippen MR) is 124 cm³/mol. The standard InChI is InChI=1S/C24H26N8/c1-30-12-20(9-27-30)16-4-3-5-17(6-16)23-26-11-22(21-10-28-31(2)13-21)24(29-23)32-14-18-7-25-8-19(18)15-32/h3-6,9-13,18-19,25H,7-8,14-15H2,1-2H3. The van der Waals surface area contributed by atoms with Gasteiger partial charge in [-0.3, -0.25) is 9.36 Å². The van der Waals surface area contributed by atoms with E-state index in [1.807, 2.05) is 54.4 Å². The lowest BCUT2D eigenvalue weighted by Crippen LogP contribution is -2.27. The third kappa shape index (κ3) is 3.36. The summed E-state index contributed by atoms with van der Waals surface area (Å²) in [6.07, 6.45) is 9.78. The van der Waals surface area contributed by atoms with Crippen molar-refractivity contribution in [2.45, 2.75) is 0 Å². The molecule has 2 saturated heterocycles. The summed E-state index contributed by atoms with van der Waals surface area (Å²) in [6.45, 7) is 4.23. The molecule has 8 nitrogen and oxygen atoms in total. The average molecular weight is 427 g/mol. The van der Waals surface area contributed by atoms with E-state index in [2.05, 4.69) is 44.7 Å². The highest BCUT2D eigenvalue weighted by Crippen LogP contribution is 2.36. The van der Waals surface area contributed by atoms with Crippen LogP contribution in [0.3, 0.4) is 0 Å². The highest BCUT2D eigenvalue weighted by atomic mass is 15.3. The average Bonchev–Trinajstić information content (AvgIpc) is 3.58. The van der Waals surface area contributed by atoms with E-state index < -0.39 is 0 Å². The fourth-order valence-electron chi connectivity index (χ4n) is 4.95. The first-order valence-electron chi connectivity index (χ1n) is 11.1. The van der Waals surface area contributed by atoms with Gasteiger partial charge in [-0.05, 0) is 23.5 Å². The molecule has 2 aliphatic heterocycles. The van der Waals surface area contributed by atoms with Crippen LogP contribution in [0.2, 0.25) is 0 Å². The highest BCUT2D eigenvalue weighted by Gasteiger charge is 2.37. The molecule has 162 valence electrons. The van der Waals surface area contributed by atoms with Crippen LogP contribution in [0.25, 0.3) is 33.6 Å². The summed E-state index contributed by atoms with van der Waals surface area (Å²) in [4.78, 5) is 12.3. The number of aryl methyl sites for hydroxylation is 2. The maximum absolute atomic E-state index is 5.11. The quantitative estimate of drug-likeness (QED) is 0.541. The van der Waals surface area contributed by atoms with E-state index in [9.17, 15) is 0 Å². The number of rotatable bonds is 4. The summed E-state index contributed by atoms with van der Waals surface area (Å²) in [7, 11) is 3.87. The SMILES string of the molecule is Cn1cc(-c2cccc(-c3ncc(-c4cnn(C)c4)c(N4CC5CNCC5C4)n3)c2)cn1. The van der Waals surface area contributed by atoms with Crippen LogP contribution in [0, 0.1) is 11.8 Å². The molecule has 1 aromatic carbocycles. The van der Waals surface area contributed by atoms with Gasteiger partial charge >= 0.3 is 0 Å². The molecule has 4 aromatic rings. The maximum atomic E-state index is 5.11. The predicted octanol–water partition coefficient (Wildman–Crippen LogP) is 2.60. The lowest BCUT2D eigenvalue weighted by Gasteiger charge is -2.22. The fourth-order valence-corrected chi connectivity index (χ4v) is 4.95. The van der Waals surface area contributed by atoms with Gasteiger partial charge in [0.25, 0.3) is 0 Å². The third-order valence-electron chi connectivity index (χ3n) is 6.63. The van der Waals surface area contributed by atoms with Crippen molar-refractivity contribution in [3.63, 3.8) is 0 Å². The molecule has 1 N–H and O–H groups in total. The monoisotopic (exact) mass is 426 g/mol. The van der Waals surface area contributed by atoms with E-state index in [4.69, 9.17) is 9.97 Å². The molecule has 0 amide bonds. The van der Waals surface area contributed by atoms with Crippen molar-refractivity contribution in [2.24, 2.45) is 25.9 Å². The minimum atomic E-state index is 0.684. The van der Waals surface area contributed by atoms with Crippen LogP contribution in [0.4, 0.5) is 5.82 Å². The molecule has 2 aliphatic rings. The van der Waals surface area contributed by atoms with E-state index >= 15 is 0 Å². The van der Waals surface area contributed by atoms with Gasteiger partial charge in [0.1, 0.15) is 5.82 Å². The normalized spacial score (nSPS) is 20.1. The summed E-state index contributed by atoms with van der Waals surface area (Å²) in [6, 6.07) is 8.37. The van der Waals surface area contributed by atoms with Crippen molar-refractivity contribution in [3.05, 3.63) is 55.2 Å². The molecular formula is C24H26N8. The zero-order valence-electron chi connectivity index (χ0n) is 18.3. The number of nitrogens with one attached hydrogen (secondary N) is 1. The zero-order chi connectivity index (χ0) is 21.7. The minimum Gasteiger partial charge on any atom is -0.355 e. The molecule has 5 heterocycles. The van der Waals surface area contributed by atoms with Crippen LogP contribution in [0.5, 0.6) is 0 Å². The maximum Gasteiger partial charge on any atom is 0.161 e. The van der Waals surface area contributed by atoms with E-state index in [1.165, 1.54) is 0 Å². The van der Waals surface area contributed by atoms with Crippen LogP contribution in [-0.4, -0.2) is 55.7 Å². The molecular weight excluding hydrogens is 400 g/mol. The summed E-state index contributed by atoms with van der Waals surface area (Å²) in [5.74, 6) is 3.12. The minimum absolute atomic E-state index is 0.684. The van der Waals surface area contributed by atoms with Crippen molar-refractivity contribution in [1.29, 1.82) is 0 Å². The molecule has 32 heavy (non-hydrogen) atoms. The van der Waals surface area contributed by atoms with Crippen LogP contribution in [-0.2, 0) is 14.1 Å². The first kappa shape index (κ1) is 19.2. The second kappa shape index (κ2) is 7.56. The van der Waals surface area contributed by atoms with Gasteiger partial charge in [-0.15, -0.1) is 0 Å². The number of aromatic nitrogens is 6. The Hall–Kier alpha value is -3.52. The van der Waals surface area contributed by atoms with Crippen molar-refractivity contribution in [1.82, 2.24) is 34.8 Å². The summed E-state index contributed by atoms with van der Waals surface area (Å²) < 4.78 is 3.64. The Morgan fingerprint density at radius 2 is 1.53 bits per heavy atom. The number of hydrogen-bond donors (Lipinski definition) is 1. The third-order valence-corrected chi connectivity index (χ3v) is 6.63. The summed E-state index contributed by atoms with van der Waals surface area (Å²) >= 11 is 0. The van der Waals surface area contributed by atoms with Crippen molar-refractivity contribution in [3.8, 4) is 33.6 Å². The van der Waals surface area contributed by atoms with Crippen molar-refractivity contribution < 1.29 is 0 Å². The molecule has 0 saturated carbocycles. The van der Waals surface area contributed by atoms with Gasteiger partial charge in [-0.1, -0.05) is 18.2 Å². The molecule has 0 bridgehead atoms. The number of hydrogen-bond acceptors (Lipinski definition) is 6. The van der Waals surface area contributed by atoms with Gasteiger partial charge in [-0.25, -0.2) is 9.97 Å². The Bertz CT molecular complexity index is 1260. The molecule has 0 spiro atoms. The number of fused-ring (bicyclic) bond motifs is 1. The Morgan fingerprint density at radius 3 is 2.22 bits per heavy atom. The van der Waals surface area contributed by atoms with E-state index in [-0.39, 0.29) is 0 Å². The number of nitrogens with zero attached hydrogens (tertiary/aromatic N) is 7. The molecule has 6 rings (SSSR count). The first-order valence-corrected chi connectivity index (χ1v) is 11.1. The second-order valence-corrected chi connectivity index (χ2v) is 8.90. The molecule has 2 fully saturated rings.